The van der Waals surface area contributed by atoms with E-state index in [1.807, 2.05) is 6.92 Å². The molecule has 1 rings (SSSR count). The molecule has 0 radical (unpaired) electrons. The highest BCUT2D eigenvalue weighted by Crippen LogP contribution is 2.24. The van der Waals surface area contributed by atoms with Gasteiger partial charge in [0.25, 0.3) is 0 Å². The second-order valence-electron chi connectivity index (χ2n) is 2.04. The standard InChI is InChI=1S/C6H7BrClN3/c1-3-4(7)2-5(11-9)6(8)10-3/h2,11H,9H2,1H3. The third-order valence-electron chi connectivity index (χ3n) is 1.26. The summed E-state index contributed by atoms with van der Waals surface area (Å²) in [5, 5.41) is 0.383. The molecule has 11 heavy (non-hydrogen) atoms. The molecule has 0 aliphatic rings. The molecule has 5 heteroatoms. The highest BCUT2D eigenvalue weighted by atomic mass is 79.9. The van der Waals surface area contributed by atoms with Gasteiger partial charge < -0.3 is 5.43 Å². The number of rotatable bonds is 1. The Balaban J connectivity index is 3.21. The maximum Gasteiger partial charge on any atom is 0.153 e. The van der Waals surface area contributed by atoms with Gasteiger partial charge in [-0.15, -0.1) is 0 Å². The maximum absolute atomic E-state index is 5.73. The number of hydrazine groups is 1. The van der Waals surface area contributed by atoms with Gasteiger partial charge in [0.2, 0.25) is 0 Å². The number of aryl methyl sites for hydroxylation is 1. The molecule has 0 atom stereocenters. The van der Waals surface area contributed by atoms with E-state index in [9.17, 15) is 0 Å². The van der Waals surface area contributed by atoms with E-state index >= 15 is 0 Å². The predicted molar refractivity (Wildman–Crippen MR) is 49.5 cm³/mol. The minimum Gasteiger partial charge on any atom is -0.321 e. The van der Waals surface area contributed by atoms with Crippen LogP contribution in [0.15, 0.2) is 10.5 Å². The molecule has 1 aromatic rings. The van der Waals surface area contributed by atoms with Crippen LogP contribution in [0, 0.1) is 6.92 Å². The molecule has 3 N–H and O–H groups in total. The number of aromatic nitrogens is 1. The fourth-order valence-corrected chi connectivity index (χ4v) is 1.21. The summed E-state index contributed by atoms with van der Waals surface area (Å²) >= 11 is 9.03. The van der Waals surface area contributed by atoms with Crippen molar-refractivity contribution in [3.8, 4) is 0 Å². The lowest BCUT2D eigenvalue weighted by molar-refractivity contribution is 1.17. The number of pyridine rings is 1. The van der Waals surface area contributed by atoms with Crippen LogP contribution in [-0.2, 0) is 0 Å². The first-order valence-corrected chi connectivity index (χ1v) is 4.11. The Morgan fingerprint density at radius 3 is 2.91 bits per heavy atom. The van der Waals surface area contributed by atoms with Gasteiger partial charge in [-0.3, -0.25) is 5.84 Å². The normalized spacial score (nSPS) is 9.82. The highest BCUT2D eigenvalue weighted by molar-refractivity contribution is 9.10. The fourth-order valence-electron chi connectivity index (χ4n) is 0.653. The molecular formula is C6H7BrClN3. The molecule has 0 amide bonds. The third kappa shape index (κ3) is 1.83. The van der Waals surface area contributed by atoms with E-state index < -0.39 is 0 Å². The van der Waals surface area contributed by atoms with Gasteiger partial charge in [0, 0.05) is 4.47 Å². The van der Waals surface area contributed by atoms with E-state index in [2.05, 4.69) is 26.3 Å². The number of nitrogens with zero attached hydrogens (tertiary/aromatic N) is 1. The Kier molecular flexibility index (Phi) is 2.70. The number of halogens is 2. The van der Waals surface area contributed by atoms with Crippen LogP contribution in [0.25, 0.3) is 0 Å². The third-order valence-corrected chi connectivity index (χ3v) is 2.35. The van der Waals surface area contributed by atoms with Crippen LogP contribution in [0.2, 0.25) is 5.15 Å². The van der Waals surface area contributed by atoms with Crippen molar-refractivity contribution < 1.29 is 0 Å². The number of nitrogen functional groups attached to an aromatic ring is 1. The summed E-state index contributed by atoms with van der Waals surface area (Å²) in [5.41, 5.74) is 3.90. The predicted octanol–water partition coefficient (Wildman–Crippen LogP) is 2.09. The Bertz CT molecular complexity index is 277. The van der Waals surface area contributed by atoms with Gasteiger partial charge in [-0.05, 0) is 28.9 Å². The van der Waals surface area contributed by atoms with E-state index in [-0.39, 0.29) is 0 Å². The van der Waals surface area contributed by atoms with Crippen LogP contribution in [0.5, 0.6) is 0 Å². The lowest BCUT2D eigenvalue weighted by Crippen LogP contribution is -2.08. The molecule has 0 fully saturated rings. The van der Waals surface area contributed by atoms with E-state index in [1.165, 1.54) is 0 Å². The van der Waals surface area contributed by atoms with Gasteiger partial charge >= 0.3 is 0 Å². The molecule has 0 spiro atoms. The van der Waals surface area contributed by atoms with E-state index in [4.69, 9.17) is 17.4 Å². The van der Waals surface area contributed by atoms with Gasteiger partial charge in [0.05, 0.1) is 11.4 Å². The maximum atomic E-state index is 5.73. The van der Waals surface area contributed by atoms with Crippen molar-refractivity contribution >= 4 is 33.2 Å². The van der Waals surface area contributed by atoms with Crippen molar-refractivity contribution in [2.75, 3.05) is 5.43 Å². The number of hydrogen-bond donors (Lipinski definition) is 2. The smallest absolute Gasteiger partial charge is 0.153 e. The molecule has 1 aromatic heterocycles. The van der Waals surface area contributed by atoms with E-state index in [0.717, 1.165) is 10.2 Å². The first-order valence-electron chi connectivity index (χ1n) is 2.94. The molecular weight excluding hydrogens is 229 g/mol. The van der Waals surface area contributed by atoms with Crippen LogP contribution < -0.4 is 11.3 Å². The number of anilines is 1. The first kappa shape index (κ1) is 8.77. The van der Waals surface area contributed by atoms with Crippen molar-refractivity contribution in [1.29, 1.82) is 0 Å². The topological polar surface area (TPSA) is 50.9 Å². The first-order chi connectivity index (χ1) is 5.15. The van der Waals surface area contributed by atoms with Crippen molar-refractivity contribution in [2.24, 2.45) is 5.84 Å². The summed E-state index contributed by atoms with van der Waals surface area (Å²) in [7, 11) is 0. The van der Waals surface area contributed by atoms with Gasteiger partial charge in [-0.2, -0.15) is 0 Å². The van der Waals surface area contributed by atoms with Crippen LogP contribution in [0.1, 0.15) is 5.69 Å². The van der Waals surface area contributed by atoms with Crippen molar-refractivity contribution in [3.63, 3.8) is 0 Å². The quantitative estimate of drug-likeness (QED) is 0.446. The van der Waals surface area contributed by atoms with Crippen LogP contribution >= 0.6 is 27.5 Å². The van der Waals surface area contributed by atoms with Crippen molar-refractivity contribution in [2.45, 2.75) is 6.92 Å². The molecule has 1 heterocycles. The summed E-state index contributed by atoms with van der Waals surface area (Å²) in [6, 6.07) is 1.78. The van der Waals surface area contributed by atoms with Gasteiger partial charge in [0.1, 0.15) is 0 Å². The molecule has 0 aromatic carbocycles. The molecule has 3 nitrogen and oxygen atoms in total. The largest absolute Gasteiger partial charge is 0.321 e. The lowest BCUT2D eigenvalue weighted by Gasteiger charge is -2.04. The number of nitrogens with one attached hydrogen (secondary N) is 1. The Morgan fingerprint density at radius 1 is 1.73 bits per heavy atom. The number of hydrogen-bond acceptors (Lipinski definition) is 3. The van der Waals surface area contributed by atoms with Crippen molar-refractivity contribution in [3.05, 3.63) is 21.4 Å². The van der Waals surface area contributed by atoms with Gasteiger partial charge in [-0.1, -0.05) is 11.6 Å². The van der Waals surface area contributed by atoms with Crippen LogP contribution in [0.4, 0.5) is 5.69 Å². The summed E-state index contributed by atoms with van der Waals surface area (Å²) in [4.78, 5) is 4.02. The summed E-state index contributed by atoms with van der Waals surface area (Å²) < 4.78 is 0.884. The zero-order valence-electron chi connectivity index (χ0n) is 5.86. The molecule has 0 aliphatic heterocycles. The summed E-state index contributed by atoms with van der Waals surface area (Å²) in [6.45, 7) is 1.86. The molecule has 0 saturated carbocycles. The minimum absolute atomic E-state index is 0.383. The SMILES string of the molecule is Cc1nc(Cl)c(NN)cc1Br. The molecule has 60 valence electrons. The zero-order valence-corrected chi connectivity index (χ0v) is 8.20. The molecule has 0 aliphatic carbocycles. The van der Waals surface area contributed by atoms with E-state index in [0.29, 0.717) is 10.8 Å². The summed E-state index contributed by atoms with van der Waals surface area (Å²) in [6.07, 6.45) is 0. The second kappa shape index (κ2) is 3.38. The average Bonchev–Trinajstić information content (AvgIpc) is 1.97. The monoisotopic (exact) mass is 235 g/mol. The fraction of sp³-hybridized carbons (Fsp3) is 0.167. The minimum atomic E-state index is 0.383. The molecule has 0 bridgehead atoms. The van der Waals surface area contributed by atoms with Crippen LogP contribution in [-0.4, -0.2) is 4.98 Å². The Hall–Kier alpha value is -0.320. The average molecular weight is 236 g/mol. The summed E-state index contributed by atoms with van der Waals surface area (Å²) in [5.74, 6) is 5.17. The molecule has 0 unspecified atom stereocenters. The molecule has 0 saturated heterocycles. The lowest BCUT2D eigenvalue weighted by atomic mass is 10.3. The van der Waals surface area contributed by atoms with E-state index in [1.54, 1.807) is 6.07 Å². The second-order valence-corrected chi connectivity index (χ2v) is 3.25. The number of nitrogens with two attached hydrogens (primary N) is 1. The van der Waals surface area contributed by atoms with Crippen LogP contribution in [0.3, 0.4) is 0 Å². The Labute approximate surface area is 78.0 Å². The van der Waals surface area contributed by atoms with Gasteiger partial charge in [-0.25, -0.2) is 4.98 Å². The Morgan fingerprint density at radius 2 is 2.36 bits per heavy atom. The zero-order chi connectivity index (χ0) is 8.43. The van der Waals surface area contributed by atoms with Gasteiger partial charge in [0.15, 0.2) is 5.15 Å². The highest BCUT2D eigenvalue weighted by Gasteiger charge is 2.03. The van der Waals surface area contributed by atoms with Crippen molar-refractivity contribution in [1.82, 2.24) is 4.98 Å².